The van der Waals surface area contributed by atoms with E-state index < -0.39 is 5.97 Å². The Balaban J connectivity index is 1.72. The Morgan fingerprint density at radius 2 is 1.90 bits per heavy atom. The number of aromatic carboxylic acids is 1. The van der Waals surface area contributed by atoms with Gasteiger partial charge in [-0.25, -0.2) is 4.79 Å². The lowest BCUT2D eigenvalue weighted by molar-refractivity contribution is 0.0697. The number of nitrogens with zero attached hydrogens (tertiary/aromatic N) is 1. The van der Waals surface area contributed by atoms with Crippen LogP contribution in [0.1, 0.15) is 65.4 Å². The van der Waals surface area contributed by atoms with E-state index in [0.717, 1.165) is 40.8 Å². The number of carboxylic acids is 1. The predicted molar refractivity (Wildman–Crippen MR) is 112 cm³/mol. The molecule has 5 nitrogen and oxygen atoms in total. The zero-order chi connectivity index (χ0) is 20.4. The van der Waals surface area contributed by atoms with Crippen LogP contribution in [0.15, 0.2) is 46.9 Å². The van der Waals surface area contributed by atoms with Crippen molar-refractivity contribution >= 4 is 22.6 Å². The lowest BCUT2D eigenvalue weighted by Gasteiger charge is -2.31. The summed E-state index contributed by atoms with van der Waals surface area (Å²) in [4.78, 5) is 11.1. The number of fused-ring (bicyclic) bond motifs is 1. The van der Waals surface area contributed by atoms with Crippen LogP contribution in [0.2, 0.25) is 0 Å². The van der Waals surface area contributed by atoms with E-state index in [2.05, 4.69) is 11.4 Å². The van der Waals surface area contributed by atoms with Crippen LogP contribution in [0.5, 0.6) is 0 Å². The Morgan fingerprint density at radius 1 is 1.17 bits per heavy atom. The van der Waals surface area contributed by atoms with Crippen LogP contribution in [0, 0.1) is 24.2 Å². The normalized spacial score (nSPS) is 15.7. The van der Waals surface area contributed by atoms with E-state index in [1.54, 1.807) is 18.2 Å². The number of benzene rings is 2. The standard InChI is InChI=1S/C24H24N2O3/c1-15-20-13-16(14-25)7-12-21(20)29-23(15)22(17-5-3-2-4-6-17)26-19-10-8-18(9-11-19)24(27)28/h7-13,17,22,26H,2-6H2,1H3,(H,27,28). The van der Waals surface area contributed by atoms with E-state index in [1.165, 1.54) is 19.3 Å². The molecule has 0 amide bonds. The van der Waals surface area contributed by atoms with Crippen molar-refractivity contribution in [1.82, 2.24) is 0 Å². The topological polar surface area (TPSA) is 86.3 Å². The number of carbonyl (C=O) groups is 1. The molecule has 29 heavy (non-hydrogen) atoms. The summed E-state index contributed by atoms with van der Waals surface area (Å²) < 4.78 is 6.28. The minimum absolute atomic E-state index is 0.00362. The van der Waals surface area contributed by atoms with Crippen LogP contribution in [0.4, 0.5) is 5.69 Å². The molecule has 1 unspecified atom stereocenters. The molecule has 1 aromatic heterocycles. The molecule has 1 saturated carbocycles. The van der Waals surface area contributed by atoms with Gasteiger partial charge in [-0.1, -0.05) is 19.3 Å². The van der Waals surface area contributed by atoms with Crippen molar-refractivity contribution in [1.29, 1.82) is 5.26 Å². The van der Waals surface area contributed by atoms with Gasteiger partial charge in [0.15, 0.2) is 0 Å². The molecule has 0 bridgehead atoms. The van der Waals surface area contributed by atoms with E-state index in [0.29, 0.717) is 11.5 Å². The third-order valence-electron chi connectivity index (χ3n) is 5.96. The molecular formula is C24H24N2O3. The average molecular weight is 388 g/mol. The summed E-state index contributed by atoms with van der Waals surface area (Å²) in [6.07, 6.45) is 5.94. The van der Waals surface area contributed by atoms with Crippen molar-refractivity contribution < 1.29 is 14.3 Å². The van der Waals surface area contributed by atoms with Gasteiger partial charge in [-0.2, -0.15) is 5.26 Å². The Kier molecular flexibility index (Phi) is 5.26. The summed E-state index contributed by atoms with van der Waals surface area (Å²) in [5.74, 6) is 0.420. The molecule has 0 spiro atoms. The summed E-state index contributed by atoms with van der Waals surface area (Å²) in [7, 11) is 0. The summed E-state index contributed by atoms with van der Waals surface area (Å²) in [6, 6.07) is 14.6. The molecule has 1 aliphatic carbocycles. The van der Waals surface area contributed by atoms with Gasteiger partial charge in [0.25, 0.3) is 0 Å². The van der Waals surface area contributed by atoms with Gasteiger partial charge in [0.2, 0.25) is 0 Å². The Labute approximate surface area is 170 Å². The van der Waals surface area contributed by atoms with Gasteiger partial charge in [0, 0.05) is 16.6 Å². The minimum Gasteiger partial charge on any atom is -0.478 e. The number of nitrogens with one attached hydrogen (secondary N) is 1. The first-order chi connectivity index (χ1) is 14.1. The first kappa shape index (κ1) is 19.1. The van der Waals surface area contributed by atoms with Gasteiger partial charge in [0.1, 0.15) is 11.3 Å². The molecule has 1 heterocycles. The molecule has 3 aromatic rings. The second-order valence-electron chi connectivity index (χ2n) is 7.82. The first-order valence-corrected chi connectivity index (χ1v) is 10.1. The van der Waals surface area contributed by atoms with Crippen LogP contribution < -0.4 is 5.32 Å². The van der Waals surface area contributed by atoms with E-state index in [9.17, 15) is 10.1 Å². The second kappa shape index (κ2) is 8.00. The third-order valence-corrected chi connectivity index (χ3v) is 5.96. The molecule has 2 N–H and O–H groups in total. The number of carboxylic acid groups (broad SMARTS) is 1. The first-order valence-electron chi connectivity index (χ1n) is 10.1. The molecule has 1 fully saturated rings. The van der Waals surface area contributed by atoms with Crippen molar-refractivity contribution in [3.05, 3.63) is 64.9 Å². The summed E-state index contributed by atoms with van der Waals surface area (Å²) in [5, 5.41) is 23.0. The number of hydrogen-bond donors (Lipinski definition) is 2. The highest BCUT2D eigenvalue weighted by atomic mass is 16.4. The quantitative estimate of drug-likeness (QED) is 0.556. The molecule has 1 aliphatic rings. The Morgan fingerprint density at radius 3 is 2.55 bits per heavy atom. The van der Waals surface area contributed by atoms with Crippen molar-refractivity contribution in [3.8, 4) is 6.07 Å². The zero-order valence-electron chi connectivity index (χ0n) is 16.4. The zero-order valence-corrected chi connectivity index (χ0v) is 16.4. The van der Waals surface area contributed by atoms with Crippen molar-refractivity contribution in [3.63, 3.8) is 0 Å². The predicted octanol–water partition coefficient (Wildman–Crippen LogP) is 6.04. The second-order valence-corrected chi connectivity index (χ2v) is 7.82. The number of hydrogen-bond acceptors (Lipinski definition) is 4. The fourth-order valence-electron chi connectivity index (χ4n) is 4.36. The molecule has 0 aliphatic heterocycles. The molecule has 0 radical (unpaired) electrons. The molecule has 4 rings (SSSR count). The molecule has 2 aromatic carbocycles. The van der Waals surface area contributed by atoms with Gasteiger partial charge in [0.05, 0.1) is 23.2 Å². The summed E-state index contributed by atoms with van der Waals surface area (Å²) >= 11 is 0. The highest BCUT2D eigenvalue weighted by Gasteiger charge is 2.30. The maximum atomic E-state index is 11.1. The van der Waals surface area contributed by atoms with Gasteiger partial charge in [-0.15, -0.1) is 0 Å². The Bertz CT molecular complexity index is 1070. The SMILES string of the molecule is Cc1c(C(Nc2ccc(C(=O)O)cc2)C2CCCCC2)oc2ccc(C#N)cc12. The van der Waals surface area contributed by atoms with Crippen LogP contribution in [0.25, 0.3) is 11.0 Å². The molecular weight excluding hydrogens is 364 g/mol. The van der Waals surface area contributed by atoms with Gasteiger partial charge >= 0.3 is 5.97 Å². The van der Waals surface area contributed by atoms with E-state index in [4.69, 9.17) is 9.52 Å². The number of nitriles is 1. The Hall–Kier alpha value is -3.26. The largest absolute Gasteiger partial charge is 0.478 e. The maximum absolute atomic E-state index is 11.1. The summed E-state index contributed by atoms with van der Waals surface area (Å²) in [6.45, 7) is 2.05. The minimum atomic E-state index is -0.929. The fourth-order valence-corrected chi connectivity index (χ4v) is 4.36. The molecule has 0 saturated heterocycles. The van der Waals surface area contributed by atoms with E-state index in [1.807, 2.05) is 31.2 Å². The number of furan rings is 1. The number of rotatable bonds is 5. The van der Waals surface area contributed by atoms with Gasteiger partial charge in [-0.3, -0.25) is 0 Å². The monoisotopic (exact) mass is 388 g/mol. The highest BCUT2D eigenvalue weighted by molar-refractivity contribution is 5.88. The van der Waals surface area contributed by atoms with Gasteiger partial charge in [-0.05, 0) is 68.1 Å². The molecule has 5 heteroatoms. The number of aryl methyl sites for hydroxylation is 1. The third kappa shape index (κ3) is 3.84. The van der Waals surface area contributed by atoms with E-state index >= 15 is 0 Å². The molecule has 1 atom stereocenters. The lowest BCUT2D eigenvalue weighted by Crippen LogP contribution is -2.23. The van der Waals surface area contributed by atoms with Gasteiger partial charge < -0.3 is 14.8 Å². The average Bonchev–Trinajstić information content (AvgIpc) is 3.08. The fraction of sp³-hybridized carbons (Fsp3) is 0.333. The smallest absolute Gasteiger partial charge is 0.335 e. The number of anilines is 1. The maximum Gasteiger partial charge on any atom is 0.335 e. The summed E-state index contributed by atoms with van der Waals surface area (Å²) in [5.41, 5.74) is 3.62. The van der Waals surface area contributed by atoms with Crippen LogP contribution >= 0.6 is 0 Å². The van der Waals surface area contributed by atoms with Crippen LogP contribution in [-0.4, -0.2) is 11.1 Å². The van der Waals surface area contributed by atoms with Crippen molar-refractivity contribution in [2.24, 2.45) is 5.92 Å². The molecule has 148 valence electrons. The van der Waals surface area contributed by atoms with Crippen molar-refractivity contribution in [2.75, 3.05) is 5.32 Å². The van der Waals surface area contributed by atoms with E-state index in [-0.39, 0.29) is 11.6 Å². The van der Waals surface area contributed by atoms with Crippen LogP contribution in [0.3, 0.4) is 0 Å². The highest BCUT2D eigenvalue weighted by Crippen LogP contribution is 2.41. The van der Waals surface area contributed by atoms with Crippen LogP contribution in [-0.2, 0) is 0 Å². The lowest BCUT2D eigenvalue weighted by atomic mass is 9.82. The van der Waals surface area contributed by atoms with Crippen molar-refractivity contribution in [2.45, 2.75) is 45.1 Å².